The Kier molecular flexibility index (Phi) is 3.52. The molecule has 6 nitrogen and oxygen atoms in total. The van der Waals surface area contributed by atoms with Gasteiger partial charge in [-0.1, -0.05) is 0 Å². The number of amides is 2. The SMILES string of the molecule is Cc1cc(Br)oc1C(=O)NNC(=O)c1ccc[nH]1. The van der Waals surface area contributed by atoms with Crippen LogP contribution in [0, 0.1) is 6.92 Å². The first-order valence-electron chi connectivity index (χ1n) is 5.08. The van der Waals surface area contributed by atoms with Gasteiger partial charge in [0.1, 0.15) is 5.69 Å². The van der Waals surface area contributed by atoms with Crippen molar-refractivity contribution in [3.8, 4) is 0 Å². The quantitative estimate of drug-likeness (QED) is 0.738. The van der Waals surface area contributed by atoms with Crippen LogP contribution < -0.4 is 10.9 Å². The normalized spacial score (nSPS) is 10.1. The Hall–Kier alpha value is -2.02. The minimum atomic E-state index is -0.516. The highest BCUT2D eigenvalue weighted by atomic mass is 79.9. The summed E-state index contributed by atoms with van der Waals surface area (Å²) in [6.07, 6.45) is 1.62. The average molecular weight is 312 g/mol. The highest BCUT2D eigenvalue weighted by Gasteiger charge is 2.16. The summed E-state index contributed by atoms with van der Waals surface area (Å²) in [6.45, 7) is 1.73. The fraction of sp³-hybridized carbons (Fsp3) is 0.0909. The van der Waals surface area contributed by atoms with Gasteiger partial charge in [-0.2, -0.15) is 0 Å². The molecule has 94 valence electrons. The summed E-state index contributed by atoms with van der Waals surface area (Å²) < 4.78 is 5.60. The first-order valence-corrected chi connectivity index (χ1v) is 5.87. The van der Waals surface area contributed by atoms with Gasteiger partial charge in [-0.05, 0) is 41.1 Å². The van der Waals surface area contributed by atoms with Crippen molar-refractivity contribution in [1.82, 2.24) is 15.8 Å². The number of furan rings is 1. The second kappa shape index (κ2) is 5.09. The molecule has 2 aromatic rings. The van der Waals surface area contributed by atoms with E-state index in [4.69, 9.17) is 4.42 Å². The van der Waals surface area contributed by atoms with Crippen molar-refractivity contribution < 1.29 is 14.0 Å². The Morgan fingerprint density at radius 2 is 2.06 bits per heavy atom. The van der Waals surface area contributed by atoms with E-state index in [2.05, 4.69) is 31.8 Å². The summed E-state index contributed by atoms with van der Waals surface area (Å²) in [7, 11) is 0. The summed E-state index contributed by atoms with van der Waals surface area (Å²) in [5, 5.41) is 0. The van der Waals surface area contributed by atoms with Crippen LogP contribution in [0.5, 0.6) is 0 Å². The molecule has 2 amide bonds. The largest absolute Gasteiger partial charge is 0.444 e. The number of hydrogen-bond acceptors (Lipinski definition) is 3. The maximum atomic E-state index is 11.7. The van der Waals surface area contributed by atoms with Crippen molar-refractivity contribution >= 4 is 27.7 Å². The van der Waals surface area contributed by atoms with Gasteiger partial charge in [0.25, 0.3) is 5.91 Å². The lowest BCUT2D eigenvalue weighted by molar-refractivity contribution is 0.0827. The lowest BCUT2D eigenvalue weighted by Gasteiger charge is -2.04. The fourth-order valence-electron chi connectivity index (χ4n) is 1.38. The molecular formula is C11H10BrN3O3. The second-order valence-electron chi connectivity index (χ2n) is 3.55. The molecule has 0 aliphatic carbocycles. The summed E-state index contributed by atoms with van der Waals surface area (Å²) in [5.41, 5.74) is 5.57. The lowest BCUT2D eigenvalue weighted by atomic mass is 10.3. The van der Waals surface area contributed by atoms with Crippen LogP contribution in [0.2, 0.25) is 0 Å². The van der Waals surface area contributed by atoms with Crippen LogP contribution in [-0.2, 0) is 0 Å². The third kappa shape index (κ3) is 2.62. The molecule has 0 radical (unpaired) electrons. The van der Waals surface area contributed by atoms with Gasteiger partial charge >= 0.3 is 5.91 Å². The summed E-state index contributed by atoms with van der Waals surface area (Å²) >= 11 is 3.12. The van der Waals surface area contributed by atoms with Crippen LogP contribution in [0.1, 0.15) is 26.6 Å². The van der Waals surface area contributed by atoms with Crippen LogP contribution >= 0.6 is 15.9 Å². The van der Waals surface area contributed by atoms with Crippen LogP contribution in [0.3, 0.4) is 0 Å². The van der Waals surface area contributed by atoms with E-state index in [0.29, 0.717) is 15.9 Å². The van der Waals surface area contributed by atoms with E-state index in [1.165, 1.54) is 0 Å². The molecule has 0 bridgehead atoms. The first kappa shape index (κ1) is 12.4. The molecule has 0 aromatic carbocycles. The second-order valence-corrected chi connectivity index (χ2v) is 4.34. The molecule has 18 heavy (non-hydrogen) atoms. The van der Waals surface area contributed by atoms with Gasteiger partial charge in [-0.25, -0.2) is 0 Å². The van der Waals surface area contributed by atoms with Gasteiger partial charge in [0.05, 0.1) is 0 Å². The van der Waals surface area contributed by atoms with Crippen molar-refractivity contribution in [3.63, 3.8) is 0 Å². The molecule has 0 fully saturated rings. The molecule has 2 rings (SSSR count). The monoisotopic (exact) mass is 311 g/mol. The topological polar surface area (TPSA) is 87.1 Å². The molecule has 7 heteroatoms. The van der Waals surface area contributed by atoms with E-state index >= 15 is 0 Å². The molecule has 0 atom stereocenters. The number of aryl methyl sites for hydroxylation is 1. The van der Waals surface area contributed by atoms with Gasteiger partial charge in [0.15, 0.2) is 10.4 Å². The predicted molar refractivity (Wildman–Crippen MR) is 66.9 cm³/mol. The van der Waals surface area contributed by atoms with Gasteiger partial charge < -0.3 is 9.40 Å². The van der Waals surface area contributed by atoms with Gasteiger partial charge in [-0.15, -0.1) is 0 Å². The van der Waals surface area contributed by atoms with Crippen molar-refractivity contribution in [2.75, 3.05) is 0 Å². The minimum Gasteiger partial charge on any atom is -0.444 e. The van der Waals surface area contributed by atoms with Crippen molar-refractivity contribution in [1.29, 1.82) is 0 Å². The maximum Gasteiger partial charge on any atom is 0.305 e. The molecule has 0 unspecified atom stereocenters. The average Bonchev–Trinajstić information content (AvgIpc) is 2.95. The van der Waals surface area contributed by atoms with E-state index in [0.717, 1.165) is 0 Å². The Morgan fingerprint density at radius 3 is 2.61 bits per heavy atom. The molecule has 3 N–H and O–H groups in total. The Labute approximate surface area is 111 Å². The summed E-state index contributed by atoms with van der Waals surface area (Å²) in [6, 6.07) is 4.95. The number of hydrazine groups is 1. The summed E-state index contributed by atoms with van der Waals surface area (Å²) in [4.78, 5) is 26.0. The van der Waals surface area contributed by atoms with Crippen molar-refractivity contribution in [2.45, 2.75) is 6.92 Å². The Morgan fingerprint density at radius 1 is 1.33 bits per heavy atom. The number of carbonyl (C=O) groups is 2. The zero-order valence-electron chi connectivity index (χ0n) is 9.41. The number of hydrogen-bond donors (Lipinski definition) is 3. The standard InChI is InChI=1S/C11H10BrN3O3/c1-6-5-8(12)18-9(6)11(17)15-14-10(16)7-3-2-4-13-7/h2-5,13H,1H3,(H,14,16)(H,15,17). The maximum absolute atomic E-state index is 11.7. The van der Waals surface area contributed by atoms with E-state index in [1.54, 1.807) is 31.3 Å². The highest BCUT2D eigenvalue weighted by molar-refractivity contribution is 9.10. The van der Waals surface area contributed by atoms with E-state index in [1.807, 2.05) is 0 Å². The van der Waals surface area contributed by atoms with Crippen LogP contribution in [0.25, 0.3) is 0 Å². The van der Waals surface area contributed by atoms with E-state index in [-0.39, 0.29) is 5.76 Å². The molecule has 0 saturated carbocycles. The van der Waals surface area contributed by atoms with Gasteiger partial charge in [0, 0.05) is 11.8 Å². The zero-order chi connectivity index (χ0) is 13.1. The van der Waals surface area contributed by atoms with Crippen LogP contribution in [0.15, 0.2) is 33.5 Å². The third-order valence-corrected chi connectivity index (χ3v) is 2.62. The fourth-order valence-corrected chi connectivity index (χ4v) is 1.88. The molecule has 0 saturated heterocycles. The zero-order valence-corrected chi connectivity index (χ0v) is 11.0. The number of carbonyl (C=O) groups excluding carboxylic acids is 2. The molecule has 0 aliphatic rings. The third-order valence-electron chi connectivity index (χ3n) is 2.23. The number of rotatable bonds is 2. The number of H-pyrrole nitrogens is 1. The van der Waals surface area contributed by atoms with Gasteiger partial charge in [-0.3, -0.25) is 20.4 Å². The van der Waals surface area contributed by atoms with E-state index < -0.39 is 11.8 Å². The molecule has 2 aromatic heterocycles. The Bertz CT molecular complexity index is 574. The predicted octanol–water partition coefficient (Wildman–Crippen LogP) is 1.75. The number of aromatic amines is 1. The van der Waals surface area contributed by atoms with E-state index in [9.17, 15) is 9.59 Å². The lowest BCUT2D eigenvalue weighted by Crippen LogP contribution is -2.41. The van der Waals surface area contributed by atoms with Crippen LogP contribution in [-0.4, -0.2) is 16.8 Å². The number of aromatic nitrogens is 1. The minimum absolute atomic E-state index is 0.147. The number of nitrogens with one attached hydrogen (secondary N) is 3. The summed E-state index contributed by atoms with van der Waals surface area (Å²) in [5.74, 6) is -0.802. The Balaban J connectivity index is 1.97. The van der Waals surface area contributed by atoms with Crippen molar-refractivity contribution in [3.05, 3.63) is 46.1 Å². The highest BCUT2D eigenvalue weighted by Crippen LogP contribution is 2.19. The van der Waals surface area contributed by atoms with Crippen LogP contribution in [0.4, 0.5) is 0 Å². The molecule has 0 aliphatic heterocycles. The van der Waals surface area contributed by atoms with Crippen molar-refractivity contribution in [2.24, 2.45) is 0 Å². The molecule has 2 heterocycles. The first-order chi connectivity index (χ1) is 8.58. The smallest absolute Gasteiger partial charge is 0.305 e. The number of halogens is 1. The molecular weight excluding hydrogens is 302 g/mol. The van der Waals surface area contributed by atoms with Gasteiger partial charge in [0.2, 0.25) is 0 Å². The molecule has 0 spiro atoms.